The van der Waals surface area contributed by atoms with Gasteiger partial charge in [0, 0.05) is 6.42 Å². The average Bonchev–Trinajstić information content (AvgIpc) is 2.78. The van der Waals surface area contributed by atoms with Crippen LogP contribution in [-0.2, 0) is 30.3 Å². The first-order chi connectivity index (χ1) is 15.3. The molecule has 9 nitrogen and oxygen atoms in total. The van der Waals surface area contributed by atoms with Gasteiger partial charge in [-0.3, -0.25) is 14.4 Å². The second kappa shape index (κ2) is 14.7. The normalized spacial score (nSPS) is 13.1. The summed E-state index contributed by atoms with van der Waals surface area (Å²) in [7, 11) is 1.26. The third-order valence-corrected chi connectivity index (χ3v) is 4.70. The summed E-state index contributed by atoms with van der Waals surface area (Å²) in [6, 6.07) is 7.48. The van der Waals surface area contributed by atoms with Crippen molar-refractivity contribution in [1.82, 2.24) is 16.1 Å². The van der Waals surface area contributed by atoms with E-state index >= 15 is 0 Å². The van der Waals surface area contributed by atoms with Crippen molar-refractivity contribution in [3.8, 4) is 0 Å². The molecule has 9 heteroatoms. The van der Waals surface area contributed by atoms with Crippen LogP contribution in [0.4, 0.5) is 0 Å². The maximum absolute atomic E-state index is 13.0. The summed E-state index contributed by atoms with van der Waals surface area (Å²) < 4.78 is 4.85. The molecule has 0 radical (unpaired) electrons. The summed E-state index contributed by atoms with van der Waals surface area (Å²) in [5, 5.41) is 9.23. The van der Waals surface area contributed by atoms with E-state index in [1.807, 2.05) is 51.1 Å². The van der Waals surface area contributed by atoms with Gasteiger partial charge in [-0.15, -0.1) is 0 Å². The fourth-order valence-electron chi connectivity index (χ4n) is 3.07. The van der Waals surface area contributed by atoms with Gasteiger partial charge in [0.15, 0.2) is 0 Å². The molecule has 0 unspecified atom stereocenters. The second-order valence-electron chi connectivity index (χ2n) is 7.84. The Kier molecular flexibility index (Phi) is 12.3. The molecule has 3 N–H and O–H groups in total. The highest BCUT2D eigenvalue weighted by Gasteiger charge is 2.29. The number of hydrogen-bond donors (Lipinski definition) is 3. The molecule has 0 aliphatic heterocycles. The number of amides is 3. The predicted octanol–water partition coefficient (Wildman–Crippen LogP) is 1.71. The number of benzene rings is 1. The topological polar surface area (TPSA) is 126 Å². The predicted molar refractivity (Wildman–Crippen MR) is 122 cm³/mol. The highest BCUT2D eigenvalue weighted by atomic mass is 16.5. The zero-order valence-electron chi connectivity index (χ0n) is 19.2. The van der Waals surface area contributed by atoms with Gasteiger partial charge >= 0.3 is 5.97 Å². The van der Waals surface area contributed by atoms with Crippen molar-refractivity contribution in [2.75, 3.05) is 7.11 Å². The highest BCUT2D eigenvalue weighted by Crippen LogP contribution is 2.09. The van der Waals surface area contributed by atoms with Gasteiger partial charge in [0.1, 0.15) is 17.8 Å². The Morgan fingerprint density at radius 2 is 1.78 bits per heavy atom. The van der Waals surface area contributed by atoms with Crippen molar-refractivity contribution >= 4 is 29.9 Å². The van der Waals surface area contributed by atoms with Crippen molar-refractivity contribution in [1.29, 1.82) is 0 Å². The Labute approximate surface area is 189 Å². The van der Waals surface area contributed by atoms with Crippen LogP contribution in [0.25, 0.3) is 0 Å². The molecule has 2 atom stereocenters. The molecule has 0 heterocycles. The van der Waals surface area contributed by atoms with E-state index in [-0.39, 0.29) is 18.1 Å². The zero-order chi connectivity index (χ0) is 23.9. The standard InChI is InChI=1S/C23H34N4O5/c1-5-6-12-18(27-24-15-28)21(29)25-19(13-16(2)3)22(30)26-20(23(31)32-4)14-17-10-8-7-9-11-17/h7-11,15-16,19-20H,5-6,12-14H2,1-4H3,(H,24,28)(H,25,29)(H,26,30)/b27-18+/t19-,20-/m0/s1. The van der Waals surface area contributed by atoms with Crippen molar-refractivity contribution in [2.45, 2.75) is 65.0 Å². The molecule has 0 saturated heterocycles. The van der Waals surface area contributed by atoms with Crippen LogP contribution in [0.5, 0.6) is 0 Å². The fourth-order valence-corrected chi connectivity index (χ4v) is 3.07. The molecule has 1 aromatic carbocycles. The SMILES string of the molecule is CCCC/C(=N\NC=O)C(=O)N[C@@H](CC(C)C)C(=O)N[C@@H](Cc1ccccc1)C(=O)OC. The molecule has 0 spiro atoms. The van der Waals surface area contributed by atoms with Gasteiger partial charge in [0.2, 0.25) is 12.3 Å². The number of esters is 1. The summed E-state index contributed by atoms with van der Waals surface area (Å²) in [4.78, 5) is 48.7. The quantitative estimate of drug-likeness (QED) is 0.174. The minimum Gasteiger partial charge on any atom is -0.467 e. The lowest BCUT2D eigenvalue weighted by Gasteiger charge is -2.23. The number of nitrogens with one attached hydrogen (secondary N) is 3. The van der Waals surface area contributed by atoms with Crippen LogP contribution in [-0.4, -0.2) is 49.1 Å². The first-order valence-electron chi connectivity index (χ1n) is 10.8. The maximum Gasteiger partial charge on any atom is 0.328 e. The summed E-state index contributed by atoms with van der Waals surface area (Å²) in [6.45, 7) is 5.82. The third-order valence-electron chi connectivity index (χ3n) is 4.70. The lowest BCUT2D eigenvalue weighted by molar-refractivity contribution is -0.145. The molecule has 0 aromatic heterocycles. The Bertz CT molecular complexity index is 780. The number of unbranched alkanes of at least 4 members (excludes halogenated alkanes) is 1. The highest BCUT2D eigenvalue weighted by molar-refractivity contribution is 6.39. The summed E-state index contributed by atoms with van der Waals surface area (Å²) in [5.41, 5.74) is 3.14. The van der Waals surface area contributed by atoms with Crippen LogP contribution < -0.4 is 16.1 Å². The minimum atomic E-state index is -0.897. The van der Waals surface area contributed by atoms with Crippen LogP contribution in [0.2, 0.25) is 0 Å². The first kappa shape index (κ1) is 26.8. The summed E-state index contributed by atoms with van der Waals surface area (Å²) >= 11 is 0. The Hall–Kier alpha value is -3.23. The van der Waals surface area contributed by atoms with E-state index < -0.39 is 29.9 Å². The van der Waals surface area contributed by atoms with E-state index in [4.69, 9.17) is 4.74 Å². The molecular formula is C23H34N4O5. The second-order valence-corrected chi connectivity index (χ2v) is 7.84. The van der Waals surface area contributed by atoms with Gasteiger partial charge in [-0.25, -0.2) is 10.2 Å². The average molecular weight is 447 g/mol. The molecule has 0 bridgehead atoms. The number of hydrogen-bond acceptors (Lipinski definition) is 6. The van der Waals surface area contributed by atoms with Crippen LogP contribution in [0, 0.1) is 5.92 Å². The molecule has 0 saturated carbocycles. The molecule has 32 heavy (non-hydrogen) atoms. The lowest BCUT2D eigenvalue weighted by atomic mass is 10.0. The third kappa shape index (κ3) is 9.72. The van der Waals surface area contributed by atoms with E-state index in [1.54, 1.807) is 0 Å². The van der Waals surface area contributed by atoms with Gasteiger partial charge in [0.05, 0.1) is 7.11 Å². The number of rotatable bonds is 14. The maximum atomic E-state index is 13.0. The molecule has 0 fully saturated rings. The van der Waals surface area contributed by atoms with Crippen molar-refractivity contribution in [2.24, 2.45) is 11.0 Å². The van der Waals surface area contributed by atoms with Gasteiger partial charge in [-0.1, -0.05) is 57.5 Å². The number of carbonyl (C=O) groups excluding carboxylic acids is 4. The van der Waals surface area contributed by atoms with Gasteiger partial charge in [0.25, 0.3) is 5.91 Å². The van der Waals surface area contributed by atoms with Crippen molar-refractivity contribution in [3.05, 3.63) is 35.9 Å². The van der Waals surface area contributed by atoms with E-state index in [0.29, 0.717) is 25.7 Å². The van der Waals surface area contributed by atoms with Gasteiger partial charge < -0.3 is 15.4 Å². The fraction of sp³-hybridized carbons (Fsp3) is 0.522. The Balaban J connectivity index is 2.99. The van der Waals surface area contributed by atoms with E-state index in [2.05, 4.69) is 21.2 Å². The molecule has 176 valence electrons. The molecule has 3 amide bonds. The number of hydrazone groups is 1. The van der Waals surface area contributed by atoms with Crippen LogP contribution in [0.1, 0.15) is 52.0 Å². The Morgan fingerprint density at radius 3 is 2.34 bits per heavy atom. The van der Waals surface area contributed by atoms with Crippen molar-refractivity contribution < 1.29 is 23.9 Å². The van der Waals surface area contributed by atoms with Crippen LogP contribution in [0.15, 0.2) is 35.4 Å². The summed E-state index contributed by atoms with van der Waals surface area (Å²) in [6.07, 6.45) is 2.89. The molecule has 0 aliphatic rings. The summed E-state index contributed by atoms with van der Waals surface area (Å²) in [5.74, 6) is -1.50. The molecule has 0 aliphatic carbocycles. The van der Waals surface area contributed by atoms with E-state index in [9.17, 15) is 19.2 Å². The number of nitrogens with zero attached hydrogens (tertiary/aromatic N) is 1. The van der Waals surface area contributed by atoms with Crippen LogP contribution in [0.3, 0.4) is 0 Å². The Morgan fingerprint density at radius 1 is 1.09 bits per heavy atom. The number of methoxy groups -OCH3 is 1. The van der Waals surface area contributed by atoms with E-state index in [1.165, 1.54) is 7.11 Å². The smallest absolute Gasteiger partial charge is 0.328 e. The minimum absolute atomic E-state index is 0.0980. The zero-order valence-corrected chi connectivity index (χ0v) is 19.2. The number of ether oxygens (including phenoxy) is 1. The largest absolute Gasteiger partial charge is 0.467 e. The molecule has 1 aromatic rings. The molecular weight excluding hydrogens is 412 g/mol. The number of carbonyl (C=O) groups is 4. The monoisotopic (exact) mass is 446 g/mol. The van der Waals surface area contributed by atoms with E-state index in [0.717, 1.165) is 12.0 Å². The first-order valence-corrected chi connectivity index (χ1v) is 10.8. The van der Waals surface area contributed by atoms with Gasteiger partial charge in [-0.2, -0.15) is 5.10 Å². The molecule has 1 rings (SSSR count). The lowest BCUT2D eigenvalue weighted by Crippen LogP contribution is -2.54. The van der Waals surface area contributed by atoms with Crippen molar-refractivity contribution in [3.63, 3.8) is 0 Å². The van der Waals surface area contributed by atoms with Gasteiger partial charge in [-0.05, 0) is 30.7 Å². The van der Waals surface area contributed by atoms with Crippen LogP contribution >= 0.6 is 0 Å².